The standard InChI is InChI=1S/C11H16/c1-8(2)5-11-7-9-3-4-10(11)6-9/h7-8H,3-6H2,1-2H3. The van der Waals surface area contributed by atoms with Crippen molar-refractivity contribution in [3.8, 4) is 0 Å². The van der Waals surface area contributed by atoms with E-state index in [1.165, 1.54) is 25.7 Å². The highest BCUT2D eigenvalue weighted by Gasteiger charge is 2.22. The predicted octanol–water partition coefficient (Wildman–Crippen LogP) is 3.45. The molecule has 2 rings (SSSR count). The van der Waals surface area contributed by atoms with Crippen LogP contribution in [0.2, 0.25) is 0 Å². The van der Waals surface area contributed by atoms with Gasteiger partial charge in [0.1, 0.15) is 0 Å². The topological polar surface area (TPSA) is 0 Å². The van der Waals surface area contributed by atoms with Gasteiger partial charge in [0.2, 0.25) is 0 Å². The van der Waals surface area contributed by atoms with Crippen LogP contribution in [0.4, 0.5) is 0 Å². The molecule has 0 heteroatoms. The van der Waals surface area contributed by atoms with Crippen molar-refractivity contribution in [1.82, 2.24) is 0 Å². The lowest BCUT2D eigenvalue weighted by Crippen LogP contribution is -1.91. The van der Waals surface area contributed by atoms with Gasteiger partial charge in [0.05, 0.1) is 0 Å². The third-order valence-corrected chi connectivity index (χ3v) is 2.65. The van der Waals surface area contributed by atoms with E-state index < -0.39 is 0 Å². The van der Waals surface area contributed by atoms with E-state index in [2.05, 4.69) is 19.9 Å². The van der Waals surface area contributed by atoms with Gasteiger partial charge in [-0.2, -0.15) is 0 Å². The fourth-order valence-electron chi connectivity index (χ4n) is 2.15. The Labute approximate surface area is 69.0 Å². The summed E-state index contributed by atoms with van der Waals surface area (Å²) in [7, 11) is 0. The maximum atomic E-state index is 2.44. The first-order chi connectivity index (χ1) is 5.25. The van der Waals surface area contributed by atoms with Crippen molar-refractivity contribution in [1.29, 1.82) is 0 Å². The number of hydrogen-bond donors (Lipinski definition) is 0. The van der Waals surface area contributed by atoms with Gasteiger partial charge in [0.15, 0.2) is 0 Å². The fraction of sp³-hybridized carbons (Fsp3) is 0.636. The van der Waals surface area contributed by atoms with Crippen LogP contribution in [0.25, 0.3) is 0 Å². The number of rotatable bonds is 2. The second kappa shape index (κ2) is 2.51. The Bertz CT molecular complexity index is 228. The fourth-order valence-corrected chi connectivity index (χ4v) is 2.15. The molecular formula is C11H16. The summed E-state index contributed by atoms with van der Waals surface area (Å²) in [6, 6.07) is 0. The minimum absolute atomic E-state index is 0.827. The van der Waals surface area contributed by atoms with Crippen molar-refractivity contribution >= 4 is 0 Å². The Balaban J connectivity index is 2.11. The molecule has 0 atom stereocenters. The van der Waals surface area contributed by atoms with Gasteiger partial charge in [0, 0.05) is 0 Å². The van der Waals surface area contributed by atoms with Crippen LogP contribution < -0.4 is 0 Å². The Morgan fingerprint density at radius 3 is 2.64 bits per heavy atom. The van der Waals surface area contributed by atoms with E-state index in [0.29, 0.717) is 0 Å². The van der Waals surface area contributed by atoms with Crippen LogP contribution in [0.15, 0.2) is 22.8 Å². The highest BCUT2D eigenvalue weighted by Crippen LogP contribution is 2.40. The van der Waals surface area contributed by atoms with Crippen LogP contribution >= 0.6 is 0 Å². The van der Waals surface area contributed by atoms with E-state index >= 15 is 0 Å². The number of allylic oxidation sites excluding steroid dienone is 4. The third kappa shape index (κ3) is 1.26. The lowest BCUT2D eigenvalue weighted by molar-refractivity contribution is 0.645. The third-order valence-electron chi connectivity index (χ3n) is 2.65. The Hall–Kier alpha value is -0.520. The predicted molar refractivity (Wildman–Crippen MR) is 48.4 cm³/mol. The molecule has 0 heterocycles. The number of hydrogen-bond acceptors (Lipinski definition) is 0. The van der Waals surface area contributed by atoms with E-state index in [-0.39, 0.29) is 0 Å². The monoisotopic (exact) mass is 148 g/mol. The van der Waals surface area contributed by atoms with Crippen LogP contribution in [0, 0.1) is 5.92 Å². The Morgan fingerprint density at radius 1 is 1.36 bits per heavy atom. The van der Waals surface area contributed by atoms with Crippen molar-refractivity contribution in [2.45, 2.75) is 39.5 Å². The Morgan fingerprint density at radius 2 is 2.18 bits per heavy atom. The zero-order valence-corrected chi connectivity index (χ0v) is 7.48. The molecule has 1 saturated carbocycles. The zero-order chi connectivity index (χ0) is 7.84. The molecule has 60 valence electrons. The molecule has 0 aliphatic heterocycles. The average molecular weight is 148 g/mol. The first kappa shape index (κ1) is 7.15. The molecule has 0 N–H and O–H groups in total. The second-order valence-electron chi connectivity index (χ2n) is 4.21. The van der Waals surface area contributed by atoms with Crippen molar-refractivity contribution in [3.63, 3.8) is 0 Å². The quantitative estimate of drug-likeness (QED) is 0.562. The van der Waals surface area contributed by atoms with Crippen LogP contribution in [0.3, 0.4) is 0 Å². The minimum atomic E-state index is 0.827. The van der Waals surface area contributed by atoms with Gasteiger partial charge in [-0.05, 0) is 37.2 Å². The average Bonchev–Trinajstić information content (AvgIpc) is 2.45. The van der Waals surface area contributed by atoms with E-state index in [1.807, 2.05) is 0 Å². The largest absolute Gasteiger partial charge is 0.0656 e. The highest BCUT2D eigenvalue weighted by molar-refractivity contribution is 5.43. The summed E-state index contributed by atoms with van der Waals surface area (Å²) in [5.74, 6) is 0.827. The van der Waals surface area contributed by atoms with E-state index in [4.69, 9.17) is 0 Å². The van der Waals surface area contributed by atoms with Crippen LogP contribution in [0.5, 0.6) is 0 Å². The molecule has 0 spiro atoms. The molecule has 0 radical (unpaired) electrons. The van der Waals surface area contributed by atoms with Gasteiger partial charge < -0.3 is 0 Å². The number of fused-ring (bicyclic) bond motifs is 2. The van der Waals surface area contributed by atoms with Gasteiger partial charge in [-0.15, -0.1) is 0 Å². The summed E-state index contributed by atoms with van der Waals surface area (Å²) in [6.45, 7) is 4.61. The maximum Gasteiger partial charge on any atom is -0.00992 e. The molecule has 11 heavy (non-hydrogen) atoms. The summed E-state index contributed by atoms with van der Waals surface area (Å²) in [4.78, 5) is 0. The molecule has 2 aliphatic rings. The summed E-state index contributed by atoms with van der Waals surface area (Å²) in [5, 5.41) is 0. The Kier molecular flexibility index (Phi) is 1.63. The van der Waals surface area contributed by atoms with E-state index in [1.54, 1.807) is 16.7 Å². The first-order valence-electron chi connectivity index (χ1n) is 4.66. The molecule has 2 aliphatic carbocycles. The molecule has 0 amide bonds. The molecule has 0 aromatic carbocycles. The summed E-state index contributed by atoms with van der Waals surface area (Å²) in [5.41, 5.74) is 5.10. The van der Waals surface area contributed by atoms with Crippen molar-refractivity contribution in [2.75, 3.05) is 0 Å². The summed E-state index contributed by atoms with van der Waals surface area (Å²) in [6.07, 6.45) is 7.80. The first-order valence-corrected chi connectivity index (χ1v) is 4.66. The van der Waals surface area contributed by atoms with E-state index in [9.17, 15) is 0 Å². The maximum absolute atomic E-state index is 2.44. The van der Waals surface area contributed by atoms with Crippen molar-refractivity contribution in [3.05, 3.63) is 22.8 Å². The van der Waals surface area contributed by atoms with Gasteiger partial charge in [0.25, 0.3) is 0 Å². The highest BCUT2D eigenvalue weighted by atomic mass is 14.3. The molecule has 0 nitrogen and oxygen atoms in total. The normalized spacial score (nSPS) is 21.9. The van der Waals surface area contributed by atoms with Gasteiger partial charge in [-0.25, -0.2) is 0 Å². The lowest BCUT2D eigenvalue weighted by atomic mass is 9.98. The lowest BCUT2D eigenvalue weighted by Gasteiger charge is -2.08. The van der Waals surface area contributed by atoms with Gasteiger partial charge in [-0.1, -0.05) is 31.1 Å². The molecule has 0 aromatic rings. The van der Waals surface area contributed by atoms with E-state index in [0.717, 1.165) is 5.92 Å². The molecule has 0 unspecified atom stereocenters. The van der Waals surface area contributed by atoms with Crippen LogP contribution in [0.1, 0.15) is 39.5 Å². The van der Waals surface area contributed by atoms with Gasteiger partial charge in [-0.3, -0.25) is 0 Å². The zero-order valence-electron chi connectivity index (χ0n) is 7.48. The second-order valence-corrected chi connectivity index (χ2v) is 4.21. The minimum Gasteiger partial charge on any atom is -0.0656 e. The summed E-state index contributed by atoms with van der Waals surface area (Å²) < 4.78 is 0. The molecule has 0 aromatic heterocycles. The molecular weight excluding hydrogens is 132 g/mol. The van der Waals surface area contributed by atoms with Crippen LogP contribution in [-0.4, -0.2) is 0 Å². The van der Waals surface area contributed by atoms with Crippen molar-refractivity contribution < 1.29 is 0 Å². The molecule has 0 saturated heterocycles. The SMILES string of the molecule is CC(C)CC1=C2CCC(=C1)C2. The van der Waals surface area contributed by atoms with Crippen molar-refractivity contribution in [2.24, 2.45) is 5.92 Å². The van der Waals surface area contributed by atoms with Gasteiger partial charge >= 0.3 is 0 Å². The molecule has 2 bridgehead atoms. The summed E-state index contributed by atoms with van der Waals surface area (Å²) >= 11 is 0. The molecule has 1 fully saturated rings. The van der Waals surface area contributed by atoms with Crippen LogP contribution in [-0.2, 0) is 0 Å². The smallest absolute Gasteiger partial charge is 0.00992 e.